The summed E-state index contributed by atoms with van der Waals surface area (Å²) in [5.74, 6) is 0. The van der Waals surface area contributed by atoms with Crippen molar-refractivity contribution >= 4 is 11.3 Å². The van der Waals surface area contributed by atoms with Crippen molar-refractivity contribution in [1.82, 2.24) is 4.98 Å². The molecule has 1 heterocycles. The Kier molecular flexibility index (Phi) is 6.07. The molecule has 1 rings (SSSR count). The molecule has 1 aromatic rings. The monoisotopic (exact) mass is 173 g/mol. The van der Waals surface area contributed by atoms with Crippen LogP contribution in [0.2, 0.25) is 0 Å². The van der Waals surface area contributed by atoms with E-state index in [0.29, 0.717) is 6.61 Å². The Labute approximate surface area is 72.2 Å². The van der Waals surface area contributed by atoms with E-state index in [1.165, 1.54) is 4.88 Å². The van der Waals surface area contributed by atoms with Gasteiger partial charge in [0, 0.05) is 13.3 Å². The zero-order chi connectivity index (χ0) is 8.69. The normalized spacial score (nSPS) is 8.73. The summed E-state index contributed by atoms with van der Waals surface area (Å²) >= 11 is 1.68. The van der Waals surface area contributed by atoms with Crippen molar-refractivity contribution in [2.45, 2.75) is 27.4 Å². The van der Waals surface area contributed by atoms with Gasteiger partial charge in [0.05, 0.1) is 16.5 Å². The lowest BCUT2D eigenvalue weighted by atomic mass is 10.6. The molecule has 0 atom stereocenters. The first kappa shape index (κ1) is 10.6. The van der Waals surface area contributed by atoms with E-state index in [0.717, 1.165) is 5.01 Å². The maximum absolute atomic E-state index is 4.91. The number of rotatable bonds is 2. The maximum atomic E-state index is 4.91. The van der Waals surface area contributed by atoms with Crippen molar-refractivity contribution in [3.63, 3.8) is 0 Å². The third kappa shape index (κ3) is 4.11. The van der Waals surface area contributed by atoms with Crippen LogP contribution in [0.3, 0.4) is 0 Å². The van der Waals surface area contributed by atoms with Crippen molar-refractivity contribution in [3.05, 3.63) is 16.1 Å². The molecule has 0 saturated carbocycles. The van der Waals surface area contributed by atoms with Crippen LogP contribution in [-0.2, 0) is 11.3 Å². The third-order valence-corrected chi connectivity index (χ3v) is 1.84. The summed E-state index contributed by atoms with van der Waals surface area (Å²) in [6, 6.07) is 0. The van der Waals surface area contributed by atoms with Gasteiger partial charge in [0.15, 0.2) is 0 Å². The van der Waals surface area contributed by atoms with Crippen molar-refractivity contribution in [3.8, 4) is 0 Å². The predicted molar refractivity (Wildman–Crippen MR) is 48.9 cm³/mol. The minimum absolute atomic E-state index is 0.686. The van der Waals surface area contributed by atoms with Crippen molar-refractivity contribution in [2.24, 2.45) is 0 Å². The van der Waals surface area contributed by atoms with Gasteiger partial charge in [-0.25, -0.2) is 4.98 Å². The molecule has 0 N–H and O–H groups in total. The molecule has 0 aliphatic carbocycles. The van der Waals surface area contributed by atoms with Crippen LogP contribution >= 0.6 is 11.3 Å². The van der Waals surface area contributed by atoms with Crippen LogP contribution in [0.25, 0.3) is 0 Å². The molecule has 2 nitrogen and oxygen atoms in total. The van der Waals surface area contributed by atoms with Crippen molar-refractivity contribution in [1.29, 1.82) is 0 Å². The van der Waals surface area contributed by atoms with Gasteiger partial charge in [-0.1, -0.05) is 13.8 Å². The zero-order valence-corrected chi connectivity index (χ0v) is 8.36. The van der Waals surface area contributed by atoms with Crippen LogP contribution < -0.4 is 0 Å². The molecule has 0 spiro atoms. The molecular formula is C8H15NOS. The van der Waals surface area contributed by atoms with E-state index < -0.39 is 0 Å². The molecule has 0 aromatic carbocycles. The minimum atomic E-state index is 0.686. The van der Waals surface area contributed by atoms with E-state index in [1.807, 2.05) is 27.0 Å². The molecule has 11 heavy (non-hydrogen) atoms. The number of nitrogens with zero attached hydrogens (tertiary/aromatic N) is 1. The Balaban J connectivity index is 0.000000461. The molecule has 0 bridgehead atoms. The van der Waals surface area contributed by atoms with E-state index in [2.05, 4.69) is 4.98 Å². The molecule has 0 amide bonds. The number of methoxy groups -OCH3 is 1. The van der Waals surface area contributed by atoms with Gasteiger partial charge in [0.1, 0.15) is 0 Å². The molecule has 1 aromatic heterocycles. The topological polar surface area (TPSA) is 22.1 Å². The fraction of sp³-hybridized carbons (Fsp3) is 0.625. The molecule has 64 valence electrons. The van der Waals surface area contributed by atoms with Gasteiger partial charge >= 0.3 is 0 Å². The molecule has 3 heteroatoms. The molecule has 0 fully saturated rings. The number of hydrogen-bond acceptors (Lipinski definition) is 3. The van der Waals surface area contributed by atoms with Crippen LogP contribution in [0.4, 0.5) is 0 Å². The smallest absolute Gasteiger partial charge is 0.0897 e. The fourth-order valence-electron chi connectivity index (χ4n) is 0.614. The lowest BCUT2D eigenvalue weighted by Crippen LogP contribution is -1.79. The number of aromatic nitrogens is 1. The largest absolute Gasteiger partial charge is 0.379 e. The van der Waals surface area contributed by atoms with Gasteiger partial charge in [-0.15, -0.1) is 11.3 Å². The van der Waals surface area contributed by atoms with Gasteiger partial charge in [0.25, 0.3) is 0 Å². The SMILES string of the molecule is CC.COCc1cnc(C)s1. The summed E-state index contributed by atoms with van der Waals surface area (Å²) < 4.78 is 4.91. The Morgan fingerprint density at radius 2 is 2.18 bits per heavy atom. The first-order valence-corrected chi connectivity index (χ1v) is 4.55. The van der Waals surface area contributed by atoms with Gasteiger partial charge < -0.3 is 4.74 Å². The second kappa shape index (κ2) is 6.31. The molecular weight excluding hydrogens is 158 g/mol. The van der Waals surface area contributed by atoms with Crippen LogP contribution in [0.1, 0.15) is 23.7 Å². The Hall–Kier alpha value is -0.410. The van der Waals surface area contributed by atoms with E-state index in [9.17, 15) is 0 Å². The van der Waals surface area contributed by atoms with Gasteiger partial charge in [-0.2, -0.15) is 0 Å². The van der Waals surface area contributed by atoms with E-state index in [4.69, 9.17) is 4.74 Å². The fourth-order valence-corrected chi connectivity index (χ4v) is 1.38. The van der Waals surface area contributed by atoms with E-state index >= 15 is 0 Å². The first-order valence-electron chi connectivity index (χ1n) is 3.73. The summed E-state index contributed by atoms with van der Waals surface area (Å²) in [4.78, 5) is 5.26. The van der Waals surface area contributed by atoms with Crippen LogP contribution in [0, 0.1) is 6.92 Å². The third-order valence-electron chi connectivity index (χ3n) is 0.956. The minimum Gasteiger partial charge on any atom is -0.379 e. The highest BCUT2D eigenvalue weighted by Gasteiger charge is 1.94. The molecule has 0 aliphatic heterocycles. The highest BCUT2D eigenvalue weighted by atomic mass is 32.1. The van der Waals surface area contributed by atoms with Crippen LogP contribution in [0.5, 0.6) is 0 Å². The average Bonchev–Trinajstić information content (AvgIpc) is 2.41. The summed E-state index contributed by atoms with van der Waals surface area (Å²) in [6.07, 6.45) is 1.85. The van der Waals surface area contributed by atoms with E-state index in [-0.39, 0.29) is 0 Å². The lowest BCUT2D eigenvalue weighted by Gasteiger charge is -1.88. The maximum Gasteiger partial charge on any atom is 0.0897 e. The number of thiazole rings is 1. The van der Waals surface area contributed by atoms with Crippen molar-refractivity contribution < 1.29 is 4.74 Å². The van der Waals surface area contributed by atoms with Crippen molar-refractivity contribution in [2.75, 3.05) is 7.11 Å². The van der Waals surface area contributed by atoms with Crippen LogP contribution in [-0.4, -0.2) is 12.1 Å². The average molecular weight is 173 g/mol. The predicted octanol–water partition coefficient (Wildman–Crippen LogP) is 2.62. The Morgan fingerprint density at radius 1 is 1.55 bits per heavy atom. The highest BCUT2D eigenvalue weighted by molar-refractivity contribution is 7.11. The quantitative estimate of drug-likeness (QED) is 0.686. The standard InChI is InChI=1S/C6H9NOS.C2H6/c1-5-7-3-6(9-5)4-8-2;1-2/h3H,4H2,1-2H3;1-2H3. The number of aryl methyl sites for hydroxylation is 1. The second-order valence-corrected chi connectivity index (χ2v) is 3.10. The molecule has 0 radical (unpaired) electrons. The lowest BCUT2D eigenvalue weighted by molar-refractivity contribution is 0.187. The molecule has 0 unspecified atom stereocenters. The number of hydrogen-bond donors (Lipinski definition) is 0. The number of ether oxygens (including phenoxy) is 1. The summed E-state index contributed by atoms with van der Waals surface area (Å²) in [5, 5.41) is 1.10. The van der Waals surface area contributed by atoms with Crippen LogP contribution in [0.15, 0.2) is 6.20 Å². The zero-order valence-electron chi connectivity index (χ0n) is 7.55. The van der Waals surface area contributed by atoms with E-state index in [1.54, 1.807) is 18.4 Å². The molecule has 0 saturated heterocycles. The Morgan fingerprint density at radius 3 is 2.55 bits per heavy atom. The summed E-state index contributed by atoms with van der Waals surface area (Å²) in [7, 11) is 1.69. The summed E-state index contributed by atoms with van der Waals surface area (Å²) in [6.45, 7) is 6.68. The molecule has 0 aliphatic rings. The highest BCUT2D eigenvalue weighted by Crippen LogP contribution is 2.11. The first-order chi connectivity index (χ1) is 5.33. The van der Waals surface area contributed by atoms with Gasteiger partial charge in [-0.3, -0.25) is 0 Å². The van der Waals surface area contributed by atoms with Gasteiger partial charge in [-0.05, 0) is 6.92 Å². The Bertz CT molecular complexity index is 186. The van der Waals surface area contributed by atoms with Gasteiger partial charge in [0.2, 0.25) is 0 Å². The summed E-state index contributed by atoms with van der Waals surface area (Å²) in [5.41, 5.74) is 0. The second-order valence-electron chi connectivity index (χ2n) is 1.78.